The Bertz CT molecular complexity index is 1960. The Morgan fingerprint density at radius 2 is 0.981 bits per heavy atom. The highest BCUT2D eigenvalue weighted by Gasteiger charge is 2.48. The number of ether oxygens (including phenoxy) is 1. The lowest BCUT2D eigenvalue weighted by Gasteiger charge is -2.39. The molecule has 4 aromatic carbocycles. The van der Waals surface area contributed by atoms with E-state index in [-0.39, 0.29) is 11.6 Å². The summed E-state index contributed by atoms with van der Waals surface area (Å²) in [4.78, 5) is 27.2. The molecule has 4 aromatic rings. The Kier molecular flexibility index (Phi) is 14.6. The van der Waals surface area contributed by atoms with E-state index in [1.165, 1.54) is 12.8 Å². The first-order valence-electron chi connectivity index (χ1n) is 18.9. The molecule has 8 heteroatoms. The van der Waals surface area contributed by atoms with Crippen molar-refractivity contribution >= 4 is 75.3 Å². The van der Waals surface area contributed by atoms with Crippen molar-refractivity contribution in [2.45, 2.75) is 103 Å². The molecular weight excluding hydrogens is 924 g/mol. The molecule has 53 heavy (non-hydrogen) atoms. The molecule has 0 aromatic heterocycles. The van der Waals surface area contributed by atoms with Crippen molar-refractivity contribution in [2.24, 2.45) is 11.8 Å². The van der Waals surface area contributed by atoms with Crippen molar-refractivity contribution in [2.75, 3.05) is 7.11 Å². The topological polar surface area (TPSA) is 63.6 Å². The fourth-order valence-electron chi connectivity index (χ4n) is 8.14. The van der Waals surface area contributed by atoms with Crippen LogP contribution in [0.2, 0.25) is 0 Å². The normalized spacial score (nSPS) is 19.7. The second-order valence-corrected chi connectivity index (χ2v) is 18.2. The van der Waals surface area contributed by atoms with Gasteiger partial charge in [0.1, 0.15) is 0 Å². The number of methoxy groups -OCH3 is 1. The van der Waals surface area contributed by atoms with Gasteiger partial charge in [-0.25, -0.2) is 0 Å². The zero-order chi connectivity index (χ0) is 38.5. The highest BCUT2D eigenvalue weighted by Crippen LogP contribution is 2.50. The van der Waals surface area contributed by atoms with Crippen LogP contribution >= 0.6 is 63.7 Å². The second kappa shape index (κ2) is 18.3. The van der Waals surface area contributed by atoms with E-state index in [1.807, 2.05) is 60.7 Å². The van der Waals surface area contributed by atoms with Crippen molar-refractivity contribution in [3.8, 4) is 22.3 Å². The smallest absolute Gasteiger partial charge is 0.199 e. The number of hydrogen-bond donors (Lipinski definition) is 1. The van der Waals surface area contributed by atoms with Gasteiger partial charge in [0.05, 0.1) is 0 Å². The van der Waals surface area contributed by atoms with Gasteiger partial charge < -0.3 is 9.84 Å². The number of carbonyl (C=O) groups is 2. The lowest BCUT2D eigenvalue weighted by molar-refractivity contribution is -0.0176. The van der Waals surface area contributed by atoms with Crippen LogP contribution in [0.1, 0.15) is 124 Å². The molecule has 2 aliphatic carbocycles. The third kappa shape index (κ3) is 8.73. The van der Waals surface area contributed by atoms with Gasteiger partial charge in [-0.1, -0.05) is 167 Å². The number of fused-ring (bicyclic) bond motifs is 6. The minimum absolute atomic E-state index is 0.0712. The predicted octanol–water partition coefficient (Wildman–Crippen LogP) is 14.4. The van der Waals surface area contributed by atoms with Crippen LogP contribution in [0, 0.1) is 11.8 Å². The molecule has 282 valence electrons. The van der Waals surface area contributed by atoms with Crippen LogP contribution in [-0.2, 0) is 15.9 Å². The highest BCUT2D eigenvalue weighted by molar-refractivity contribution is 9.11. The quantitative estimate of drug-likeness (QED) is 0.145. The molecule has 6 rings (SSSR count). The van der Waals surface area contributed by atoms with Crippen LogP contribution in [-0.4, -0.2) is 23.8 Å². The first-order chi connectivity index (χ1) is 25.4. The Hall–Kier alpha value is -1.94. The van der Waals surface area contributed by atoms with E-state index in [9.17, 15) is 14.7 Å². The summed E-state index contributed by atoms with van der Waals surface area (Å²) in [7, 11) is 1.68. The molecule has 0 bridgehead atoms. The van der Waals surface area contributed by atoms with E-state index in [0.29, 0.717) is 30.2 Å². The summed E-state index contributed by atoms with van der Waals surface area (Å²) in [5, 5.41) is 11.7. The van der Waals surface area contributed by atoms with E-state index < -0.39 is 11.2 Å². The third-order valence-electron chi connectivity index (χ3n) is 11.2. The van der Waals surface area contributed by atoms with Crippen LogP contribution in [0.15, 0.2) is 90.7 Å². The van der Waals surface area contributed by atoms with Gasteiger partial charge >= 0.3 is 0 Å². The first-order valence-corrected chi connectivity index (χ1v) is 22.1. The zero-order valence-corrected chi connectivity index (χ0v) is 37.7. The van der Waals surface area contributed by atoms with Gasteiger partial charge in [-0.3, -0.25) is 9.59 Å². The average molecular weight is 975 g/mol. The van der Waals surface area contributed by atoms with Crippen molar-refractivity contribution < 1.29 is 19.4 Å². The molecular formula is C45H50Br4O4. The number of aliphatic hydroxyl groups is 1. The van der Waals surface area contributed by atoms with Crippen LogP contribution in [0.25, 0.3) is 22.3 Å². The average Bonchev–Trinajstić information content (AvgIpc) is 3.16. The molecule has 0 spiro atoms. The maximum absolute atomic E-state index is 13.8. The molecule has 4 unspecified atom stereocenters. The third-order valence-corrected chi connectivity index (χ3v) is 13.2. The molecule has 0 fully saturated rings. The molecule has 2 aliphatic rings. The number of Topliss-reactive ketones (excluding diaryl/α,β-unsaturated/α-hetero) is 2. The maximum atomic E-state index is 13.8. The van der Waals surface area contributed by atoms with E-state index >= 15 is 0 Å². The Labute approximate surface area is 349 Å². The summed E-state index contributed by atoms with van der Waals surface area (Å²) in [6.45, 7) is 8.74. The first kappa shape index (κ1) is 42.2. The van der Waals surface area contributed by atoms with E-state index in [4.69, 9.17) is 4.74 Å². The number of halogens is 4. The summed E-state index contributed by atoms with van der Waals surface area (Å²) < 4.78 is 9.71. The highest BCUT2D eigenvalue weighted by atomic mass is 79.9. The molecule has 4 atom stereocenters. The molecule has 4 nitrogen and oxygen atoms in total. The maximum Gasteiger partial charge on any atom is 0.199 e. The number of benzene rings is 4. The van der Waals surface area contributed by atoms with Crippen molar-refractivity contribution in [1.29, 1.82) is 0 Å². The molecule has 0 heterocycles. The standard InChI is InChI=1S/C23H26Br2O2.C22H24Br2O2/c1-4-6-7-15(5-2)14-23(27-3)21-13-17(25)9-11-19(21)18-10-8-16(24)12-20(18)22(23)26;1-3-5-6-14(4-2)13-22(26)20-12-16(24)8-10-18(20)17-9-7-15(23)11-19(17)21(22)25/h8-13,15H,4-7,14H2,1-3H3;7-12,14,26H,3-6,13H2,1-2H3. The molecule has 0 saturated carbocycles. The summed E-state index contributed by atoms with van der Waals surface area (Å²) in [6, 6.07) is 23.8. The number of unbranched alkanes of at least 4 members (excludes halogenated alkanes) is 2. The Balaban J connectivity index is 0.000000204. The van der Waals surface area contributed by atoms with Crippen molar-refractivity contribution in [3.05, 3.63) is 113 Å². The summed E-state index contributed by atoms with van der Waals surface area (Å²) in [5.74, 6) is 0.662. The number of hydrogen-bond acceptors (Lipinski definition) is 4. The zero-order valence-electron chi connectivity index (χ0n) is 31.3. The monoisotopic (exact) mass is 970 g/mol. The summed E-state index contributed by atoms with van der Waals surface area (Å²) >= 11 is 14.1. The molecule has 0 aliphatic heterocycles. The molecule has 1 N–H and O–H groups in total. The van der Waals surface area contributed by atoms with Crippen molar-refractivity contribution in [1.82, 2.24) is 0 Å². The van der Waals surface area contributed by atoms with Gasteiger partial charge in [-0.05, 0) is 95.5 Å². The number of rotatable bonds is 13. The van der Waals surface area contributed by atoms with Crippen LogP contribution in [0.3, 0.4) is 0 Å². The molecule has 0 saturated heterocycles. The fraction of sp³-hybridized carbons (Fsp3) is 0.422. The molecule has 0 radical (unpaired) electrons. The lowest BCUT2D eigenvalue weighted by atomic mass is 9.70. The summed E-state index contributed by atoms with van der Waals surface area (Å²) in [6.07, 6.45) is 9.96. The fourth-order valence-corrected chi connectivity index (χ4v) is 9.59. The van der Waals surface area contributed by atoms with Gasteiger partial charge in [0.25, 0.3) is 0 Å². The largest absolute Gasteiger partial charge is 0.377 e. The number of ketones is 2. The van der Waals surface area contributed by atoms with Crippen molar-refractivity contribution in [3.63, 3.8) is 0 Å². The summed E-state index contributed by atoms with van der Waals surface area (Å²) in [5.41, 5.74) is 4.56. The van der Waals surface area contributed by atoms with Crippen LogP contribution in [0.5, 0.6) is 0 Å². The lowest BCUT2D eigenvalue weighted by Crippen LogP contribution is -2.43. The Morgan fingerprint density at radius 3 is 1.45 bits per heavy atom. The van der Waals surface area contributed by atoms with Gasteiger partial charge in [0, 0.05) is 47.3 Å². The predicted molar refractivity (Wildman–Crippen MR) is 232 cm³/mol. The SMILES string of the molecule is CCCCC(CC)CC1(O)C(=O)c2cc(Br)ccc2-c2ccc(Br)cc21.CCCCC(CC)CC1(OC)C(=O)c2cc(Br)ccc2-c2ccc(Br)cc21. The second-order valence-electron chi connectivity index (χ2n) is 14.6. The van der Waals surface area contributed by atoms with Gasteiger partial charge in [-0.2, -0.15) is 0 Å². The van der Waals surface area contributed by atoms with E-state index in [2.05, 4.69) is 104 Å². The van der Waals surface area contributed by atoms with Crippen LogP contribution < -0.4 is 0 Å². The minimum atomic E-state index is -1.47. The van der Waals surface area contributed by atoms with Crippen LogP contribution in [0.4, 0.5) is 0 Å². The van der Waals surface area contributed by atoms with Gasteiger partial charge in [-0.15, -0.1) is 0 Å². The van der Waals surface area contributed by atoms with E-state index in [0.717, 1.165) is 95.4 Å². The van der Waals surface area contributed by atoms with Gasteiger partial charge in [0.15, 0.2) is 22.8 Å². The number of carbonyl (C=O) groups excluding carboxylic acids is 2. The molecule has 0 amide bonds. The Morgan fingerprint density at radius 1 is 0.566 bits per heavy atom. The minimum Gasteiger partial charge on any atom is -0.377 e. The van der Waals surface area contributed by atoms with E-state index in [1.54, 1.807) is 7.11 Å². The van der Waals surface area contributed by atoms with Gasteiger partial charge in [0.2, 0.25) is 0 Å².